The molecule has 2 aromatic rings. The summed E-state index contributed by atoms with van der Waals surface area (Å²) in [6, 6.07) is 13.5. The number of anilines is 1. The standard InChI is InChI=1S/C21H24N2O5S/c1-3-26-13-14-28-18-8-6-5-7-17(18)19(24)23-21(29)22-16-11-9-15(10-12-16)20(25)27-4-2/h5-12H,3-4,13-14H2,1-2H3,(H2,22,23,24,29). The Morgan fingerprint density at radius 3 is 2.38 bits per heavy atom. The molecule has 0 fully saturated rings. The highest BCUT2D eigenvalue weighted by Gasteiger charge is 2.14. The van der Waals surface area contributed by atoms with Crippen LogP contribution in [0.2, 0.25) is 0 Å². The zero-order chi connectivity index (χ0) is 21.1. The summed E-state index contributed by atoms with van der Waals surface area (Å²) in [5, 5.41) is 5.66. The molecule has 1 amide bonds. The Bertz CT molecular complexity index is 839. The summed E-state index contributed by atoms with van der Waals surface area (Å²) in [5.41, 5.74) is 1.43. The fraction of sp³-hybridized carbons (Fsp3) is 0.286. The molecule has 0 unspecified atom stereocenters. The molecule has 0 saturated carbocycles. The number of hydrogen-bond acceptors (Lipinski definition) is 6. The molecule has 0 aliphatic rings. The molecular formula is C21H24N2O5S. The van der Waals surface area contributed by atoms with E-state index in [-0.39, 0.29) is 5.11 Å². The van der Waals surface area contributed by atoms with Crippen molar-refractivity contribution in [3.8, 4) is 5.75 Å². The molecule has 0 aromatic heterocycles. The van der Waals surface area contributed by atoms with Gasteiger partial charge in [0.1, 0.15) is 12.4 Å². The lowest BCUT2D eigenvalue weighted by molar-refractivity contribution is 0.0526. The van der Waals surface area contributed by atoms with Gasteiger partial charge in [-0.2, -0.15) is 0 Å². The van der Waals surface area contributed by atoms with Crippen molar-refractivity contribution in [3.63, 3.8) is 0 Å². The van der Waals surface area contributed by atoms with Crippen molar-refractivity contribution in [3.05, 3.63) is 59.7 Å². The van der Waals surface area contributed by atoms with Crippen molar-refractivity contribution in [1.82, 2.24) is 5.32 Å². The Balaban J connectivity index is 1.94. The number of hydrogen-bond donors (Lipinski definition) is 2. The predicted octanol–water partition coefficient (Wildman–Crippen LogP) is 3.41. The van der Waals surface area contributed by atoms with Gasteiger partial charge in [0, 0.05) is 12.3 Å². The van der Waals surface area contributed by atoms with Crippen LogP contribution in [-0.4, -0.2) is 43.4 Å². The Kier molecular flexibility index (Phi) is 9.07. The SMILES string of the molecule is CCOCCOc1ccccc1C(=O)NC(=S)Nc1ccc(C(=O)OCC)cc1. The van der Waals surface area contributed by atoms with Crippen LogP contribution in [0.15, 0.2) is 48.5 Å². The van der Waals surface area contributed by atoms with E-state index in [0.717, 1.165) is 0 Å². The second kappa shape index (κ2) is 11.8. The molecule has 0 spiro atoms. The number of ether oxygens (including phenoxy) is 3. The number of nitrogens with one attached hydrogen (secondary N) is 2. The van der Waals surface area contributed by atoms with E-state index in [0.29, 0.717) is 49.0 Å². The van der Waals surface area contributed by atoms with E-state index in [1.807, 2.05) is 6.92 Å². The first kappa shape index (κ1) is 22.3. The first-order chi connectivity index (χ1) is 14.0. The lowest BCUT2D eigenvalue weighted by Gasteiger charge is -2.13. The van der Waals surface area contributed by atoms with Crippen LogP contribution < -0.4 is 15.4 Å². The van der Waals surface area contributed by atoms with Gasteiger partial charge in [-0.05, 0) is 62.5 Å². The van der Waals surface area contributed by atoms with Gasteiger partial charge >= 0.3 is 5.97 Å². The highest BCUT2D eigenvalue weighted by atomic mass is 32.1. The van der Waals surface area contributed by atoms with Gasteiger partial charge in [-0.15, -0.1) is 0 Å². The van der Waals surface area contributed by atoms with Crippen LogP contribution in [0.25, 0.3) is 0 Å². The highest BCUT2D eigenvalue weighted by molar-refractivity contribution is 7.80. The average Bonchev–Trinajstić information content (AvgIpc) is 2.72. The maximum Gasteiger partial charge on any atom is 0.338 e. The number of carbonyl (C=O) groups is 2. The summed E-state index contributed by atoms with van der Waals surface area (Å²) in [5.74, 6) is -0.334. The number of carbonyl (C=O) groups excluding carboxylic acids is 2. The van der Waals surface area contributed by atoms with Crippen LogP contribution >= 0.6 is 12.2 Å². The minimum Gasteiger partial charge on any atom is -0.490 e. The van der Waals surface area contributed by atoms with E-state index >= 15 is 0 Å². The van der Waals surface area contributed by atoms with Crippen LogP contribution in [0.5, 0.6) is 5.75 Å². The number of esters is 1. The molecule has 29 heavy (non-hydrogen) atoms. The summed E-state index contributed by atoms with van der Waals surface area (Å²) in [4.78, 5) is 24.2. The second-order valence-corrected chi connectivity index (χ2v) is 6.16. The zero-order valence-corrected chi connectivity index (χ0v) is 17.2. The van der Waals surface area contributed by atoms with Crippen LogP contribution in [0, 0.1) is 0 Å². The normalized spacial score (nSPS) is 10.1. The molecule has 2 aromatic carbocycles. The first-order valence-corrected chi connectivity index (χ1v) is 9.65. The van der Waals surface area contributed by atoms with Gasteiger partial charge in [0.25, 0.3) is 5.91 Å². The topological polar surface area (TPSA) is 85.9 Å². The largest absolute Gasteiger partial charge is 0.490 e. The van der Waals surface area contributed by atoms with Gasteiger partial charge in [0.2, 0.25) is 0 Å². The molecule has 0 heterocycles. The Morgan fingerprint density at radius 2 is 1.69 bits per heavy atom. The molecule has 7 nitrogen and oxygen atoms in total. The summed E-state index contributed by atoms with van der Waals surface area (Å²) in [6.45, 7) is 5.34. The highest BCUT2D eigenvalue weighted by Crippen LogP contribution is 2.18. The van der Waals surface area contributed by atoms with E-state index in [2.05, 4.69) is 10.6 Å². The lowest BCUT2D eigenvalue weighted by atomic mass is 10.2. The molecule has 0 saturated heterocycles. The summed E-state index contributed by atoms with van der Waals surface area (Å²) in [7, 11) is 0. The van der Waals surface area contributed by atoms with Crippen molar-refractivity contribution in [2.75, 3.05) is 31.7 Å². The fourth-order valence-electron chi connectivity index (χ4n) is 2.37. The molecule has 2 N–H and O–H groups in total. The van der Waals surface area contributed by atoms with E-state index in [9.17, 15) is 9.59 Å². The molecule has 2 rings (SSSR count). The molecule has 8 heteroatoms. The number of para-hydroxylation sites is 1. The first-order valence-electron chi connectivity index (χ1n) is 9.24. The molecule has 154 valence electrons. The lowest BCUT2D eigenvalue weighted by Crippen LogP contribution is -2.34. The number of amides is 1. The summed E-state index contributed by atoms with van der Waals surface area (Å²) in [6.07, 6.45) is 0. The van der Waals surface area contributed by atoms with Gasteiger partial charge in [-0.3, -0.25) is 10.1 Å². The minimum absolute atomic E-state index is 0.128. The quantitative estimate of drug-likeness (QED) is 0.368. The second-order valence-electron chi connectivity index (χ2n) is 5.75. The fourth-order valence-corrected chi connectivity index (χ4v) is 2.58. The molecular weight excluding hydrogens is 392 g/mol. The minimum atomic E-state index is -0.393. The van der Waals surface area contributed by atoms with Crippen LogP contribution in [0.3, 0.4) is 0 Å². The molecule has 0 bridgehead atoms. The maximum atomic E-state index is 12.6. The van der Waals surface area contributed by atoms with Crippen molar-refractivity contribution in [1.29, 1.82) is 0 Å². The van der Waals surface area contributed by atoms with Gasteiger partial charge in [-0.1, -0.05) is 12.1 Å². The zero-order valence-electron chi connectivity index (χ0n) is 16.4. The van der Waals surface area contributed by atoms with Crippen LogP contribution in [-0.2, 0) is 9.47 Å². The number of benzene rings is 2. The van der Waals surface area contributed by atoms with Crippen molar-refractivity contribution >= 4 is 34.9 Å². The predicted molar refractivity (Wildman–Crippen MR) is 115 cm³/mol. The van der Waals surface area contributed by atoms with Gasteiger partial charge in [-0.25, -0.2) is 4.79 Å². The van der Waals surface area contributed by atoms with Crippen LogP contribution in [0.1, 0.15) is 34.6 Å². The smallest absolute Gasteiger partial charge is 0.338 e. The Hall–Kier alpha value is -2.97. The third kappa shape index (κ3) is 7.17. The Labute approximate surface area is 175 Å². The average molecular weight is 416 g/mol. The number of thiocarbonyl (C=S) groups is 1. The van der Waals surface area contributed by atoms with E-state index in [4.69, 9.17) is 26.4 Å². The summed E-state index contributed by atoms with van der Waals surface area (Å²) >= 11 is 5.21. The molecule has 0 aliphatic carbocycles. The summed E-state index contributed by atoms with van der Waals surface area (Å²) < 4.78 is 15.8. The van der Waals surface area contributed by atoms with Crippen molar-refractivity contribution in [2.24, 2.45) is 0 Å². The van der Waals surface area contributed by atoms with Crippen LogP contribution in [0.4, 0.5) is 5.69 Å². The molecule has 0 radical (unpaired) electrons. The molecule has 0 aliphatic heterocycles. The van der Waals surface area contributed by atoms with E-state index in [1.54, 1.807) is 55.5 Å². The van der Waals surface area contributed by atoms with E-state index < -0.39 is 11.9 Å². The van der Waals surface area contributed by atoms with Crippen molar-refractivity contribution in [2.45, 2.75) is 13.8 Å². The van der Waals surface area contributed by atoms with Gasteiger partial charge in [0.15, 0.2) is 5.11 Å². The Morgan fingerprint density at radius 1 is 0.966 bits per heavy atom. The third-order valence-corrected chi connectivity index (χ3v) is 3.91. The van der Waals surface area contributed by atoms with Gasteiger partial charge < -0.3 is 19.5 Å². The maximum absolute atomic E-state index is 12.6. The number of rotatable bonds is 9. The van der Waals surface area contributed by atoms with E-state index in [1.165, 1.54) is 0 Å². The van der Waals surface area contributed by atoms with Crippen molar-refractivity contribution < 1.29 is 23.8 Å². The molecule has 0 atom stereocenters. The third-order valence-electron chi connectivity index (χ3n) is 3.70. The van der Waals surface area contributed by atoms with Gasteiger partial charge in [0.05, 0.1) is 24.3 Å². The monoisotopic (exact) mass is 416 g/mol.